The first-order chi connectivity index (χ1) is 20.6. The predicted octanol–water partition coefficient (Wildman–Crippen LogP) is 6.48. The number of pyridine rings is 1. The van der Waals surface area contributed by atoms with Crippen LogP contribution in [0.2, 0.25) is 0 Å². The van der Waals surface area contributed by atoms with Gasteiger partial charge in [0, 0.05) is 55.7 Å². The topological polar surface area (TPSA) is 107 Å². The Morgan fingerprint density at radius 1 is 0.953 bits per heavy atom. The highest BCUT2D eigenvalue weighted by Crippen LogP contribution is 2.29. The van der Waals surface area contributed by atoms with E-state index in [4.69, 9.17) is 9.47 Å². The van der Waals surface area contributed by atoms with E-state index in [2.05, 4.69) is 26.8 Å². The van der Waals surface area contributed by atoms with Gasteiger partial charge in [0.05, 0.1) is 12.7 Å². The van der Waals surface area contributed by atoms with Gasteiger partial charge in [-0.1, -0.05) is 36.9 Å². The number of hydrogen-bond acceptors (Lipinski definition) is 9. The van der Waals surface area contributed by atoms with Crippen molar-refractivity contribution < 1.29 is 32.2 Å². The van der Waals surface area contributed by atoms with Crippen molar-refractivity contribution in [3.05, 3.63) is 115 Å². The number of aldehydes is 1. The molecule has 0 unspecified atom stereocenters. The number of nitrogens with zero attached hydrogens (tertiary/aromatic N) is 4. The second-order valence-electron chi connectivity index (χ2n) is 8.65. The maximum atomic E-state index is 12.4. The van der Waals surface area contributed by atoms with E-state index in [1.165, 1.54) is 25.3 Å². The summed E-state index contributed by atoms with van der Waals surface area (Å²) in [5, 5.41) is 3.07. The number of ether oxygens (including phenoxy) is 2. The molecule has 0 saturated heterocycles. The first-order valence-electron chi connectivity index (χ1n) is 12.6. The summed E-state index contributed by atoms with van der Waals surface area (Å²) in [7, 11) is 4.69. The van der Waals surface area contributed by atoms with Crippen LogP contribution >= 0.6 is 0 Å². The number of carbonyl (C=O) groups is 2. The van der Waals surface area contributed by atoms with Gasteiger partial charge in [0.2, 0.25) is 0 Å². The van der Waals surface area contributed by atoms with Crippen molar-refractivity contribution in [1.29, 1.82) is 0 Å². The van der Waals surface area contributed by atoms with Crippen molar-refractivity contribution in [3.63, 3.8) is 0 Å². The van der Waals surface area contributed by atoms with Crippen LogP contribution in [-0.4, -0.2) is 54.6 Å². The number of esters is 1. The summed E-state index contributed by atoms with van der Waals surface area (Å²) in [5.74, 6) is 0.296. The highest BCUT2D eigenvalue weighted by atomic mass is 19.4. The average molecular weight is 592 g/mol. The zero-order valence-corrected chi connectivity index (χ0v) is 23.5. The SMILES string of the molecule is C=C(/C(C=O)=C\N(C)c1ccccn1)C(F)(F)F.CNc1ccc(-c2cnc(Oc3ccccc3C(=O)OC)nc2)cc1. The third-order valence-corrected chi connectivity index (χ3v) is 5.79. The number of benzene rings is 2. The molecule has 1 N–H and O–H groups in total. The Hall–Kier alpha value is -5.52. The van der Waals surface area contributed by atoms with Crippen LogP contribution in [0.15, 0.2) is 109 Å². The largest absolute Gasteiger partial charge is 0.465 e. The van der Waals surface area contributed by atoms with Crippen LogP contribution in [0.25, 0.3) is 11.1 Å². The van der Waals surface area contributed by atoms with Gasteiger partial charge in [-0.05, 0) is 42.0 Å². The Bertz CT molecular complexity index is 1560. The first-order valence-corrected chi connectivity index (χ1v) is 12.6. The van der Waals surface area contributed by atoms with E-state index in [0.717, 1.165) is 23.0 Å². The molecule has 2 aromatic heterocycles. The summed E-state index contributed by atoms with van der Waals surface area (Å²) in [6.45, 7) is 2.87. The molecule has 0 amide bonds. The second-order valence-corrected chi connectivity index (χ2v) is 8.65. The number of methoxy groups -OCH3 is 1. The molecule has 0 spiro atoms. The minimum atomic E-state index is -4.63. The van der Waals surface area contributed by atoms with Gasteiger partial charge in [-0.15, -0.1) is 0 Å². The van der Waals surface area contributed by atoms with Crippen molar-refractivity contribution in [2.24, 2.45) is 0 Å². The van der Waals surface area contributed by atoms with Gasteiger partial charge in [-0.3, -0.25) is 4.79 Å². The summed E-state index contributed by atoms with van der Waals surface area (Å²) in [5.41, 5.74) is 1.51. The standard InChI is InChI=1S/C19H17N3O3.C12H11F3N2O/c1-20-15-9-7-13(8-10-15)14-11-21-19(22-12-14)25-17-6-4-3-5-16(17)18(23)24-2;1-9(12(13,14)15)10(8-18)7-17(2)11-5-3-4-6-16-11/h3-12,20H,1-2H3;3-8H,1H2,2H3/b;10-7-. The molecule has 0 aliphatic carbocycles. The molecule has 0 bridgehead atoms. The van der Waals surface area contributed by atoms with Crippen molar-refractivity contribution in [1.82, 2.24) is 15.0 Å². The molecule has 2 heterocycles. The molecule has 0 atom stereocenters. The third kappa shape index (κ3) is 8.98. The van der Waals surface area contributed by atoms with Gasteiger partial charge in [-0.2, -0.15) is 13.2 Å². The Kier molecular flexibility index (Phi) is 11.1. The number of halogens is 3. The lowest BCUT2D eigenvalue weighted by Gasteiger charge is -2.15. The van der Waals surface area contributed by atoms with Crippen LogP contribution in [-0.2, 0) is 9.53 Å². The molecule has 43 heavy (non-hydrogen) atoms. The van der Waals surface area contributed by atoms with E-state index >= 15 is 0 Å². The number of allylic oxidation sites excluding steroid dienone is 2. The van der Waals surface area contributed by atoms with Gasteiger partial charge in [-0.25, -0.2) is 19.7 Å². The summed E-state index contributed by atoms with van der Waals surface area (Å²) in [4.78, 5) is 36.1. The molecular formula is C31H28F3N5O4. The van der Waals surface area contributed by atoms with Crippen LogP contribution in [0.5, 0.6) is 11.8 Å². The molecule has 222 valence electrons. The number of hydrogen-bond donors (Lipinski definition) is 1. The van der Waals surface area contributed by atoms with E-state index in [1.54, 1.807) is 54.9 Å². The summed E-state index contributed by atoms with van der Waals surface area (Å²) in [6.07, 6.45) is 1.39. The number of aromatic nitrogens is 3. The molecule has 0 aliphatic heterocycles. The van der Waals surface area contributed by atoms with Gasteiger partial charge >= 0.3 is 18.2 Å². The summed E-state index contributed by atoms with van der Waals surface area (Å²) >= 11 is 0. The van der Waals surface area contributed by atoms with Crippen molar-refractivity contribution >= 4 is 23.8 Å². The molecule has 12 heteroatoms. The van der Waals surface area contributed by atoms with Crippen LogP contribution < -0.4 is 15.0 Å². The van der Waals surface area contributed by atoms with E-state index in [0.29, 0.717) is 17.1 Å². The Labute approximate surface area is 246 Å². The van der Waals surface area contributed by atoms with Crippen molar-refractivity contribution in [3.8, 4) is 22.9 Å². The van der Waals surface area contributed by atoms with Crippen LogP contribution in [0, 0.1) is 0 Å². The Morgan fingerprint density at radius 3 is 2.16 bits per heavy atom. The number of rotatable bonds is 9. The molecule has 2 aromatic carbocycles. The fraction of sp³-hybridized carbons (Fsp3) is 0.129. The van der Waals surface area contributed by atoms with Crippen LogP contribution in [0.1, 0.15) is 10.4 Å². The van der Waals surface area contributed by atoms with Gasteiger partial charge in [0.25, 0.3) is 0 Å². The molecule has 9 nitrogen and oxygen atoms in total. The number of anilines is 2. The highest BCUT2D eigenvalue weighted by molar-refractivity contribution is 5.92. The lowest BCUT2D eigenvalue weighted by Crippen LogP contribution is -2.17. The van der Waals surface area contributed by atoms with Crippen LogP contribution in [0.3, 0.4) is 0 Å². The molecule has 4 rings (SSSR count). The smallest absolute Gasteiger partial charge is 0.416 e. The Balaban J connectivity index is 0.000000250. The quantitative estimate of drug-likeness (QED) is 0.101. The fourth-order valence-corrected chi connectivity index (χ4v) is 3.46. The summed E-state index contributed by atoms with van der Waals surface area (Å²) in [6, 6.07) is 19.8. The van der Waals surface area contributed by atoms with Gasteiger partial charge in [0.15, 0.2) is 6.29 Å². The fourth-order valence-electron chi connectivity index (χ4n) is 3.46. The van der Waals surface area contributed by atoms with E-state index in [9.17, 15) is 22.8 Å². The average Bonchev–Trinajstić information content (AvgIpc) is 3.03. The zero-order chi connectivity index (χ0) is 31.4. The van der Waals surface area contributed by atoms with Crippen molar-refractivity contribution in [2.75, 3.05) is 31.4 Å². The maximum Gasteiger partial charge on any atom is 0.416 e. The second kappa shape index (κ2) is 14.9. The van der Waals surface area contributed by atoms with Gasteiger partial charge < -0.3 is 19.7 Å². The first kappa shape index (κ1) is 32.0. The molecular weight excluding hydrogens is 563 g/mol. The molecule has 0 fully saturated rings. The molecule has 0 radical (unpaired) electrons. The molecule has 4 aromatic rings. The zero-order valence-electron chi connectivity index (χ0n) is 23.5. The lowest BCUT2D eigenvalue weighted by molar-refractivity contribution is -0.108. The maximum absolute atomic E-state index is 12.4. The highest BCUT2D eigenvalue weighted by Gasteiger charge is 2.34. The number of nitrogens with one attached hydrogen (secondary N) is 1. The van der Waals surface area contributed by atoms with E-state index in [1.807, 2.05) is 31.3 Å². The lowest BCUT2D eigenvalue weighted by atomic mass is 10.1. The monoisotopic (exact) mass is 591 g/mol. The number of para-hydroxylation sites is 1. The van der Waals surface area contributed by atoms with E-state index in [-0.39, 0.29) is 12.3 Å². The Morgan fingerprint density at radius 2 is 1.60 bits per heavy atom. The van der Waals surface area contributed by atoms with Crippen LogP contribution in [0.4, 0.5) is 24.7 Å². The normalized spacial score (nSPS) is 11.0. The third-order valence-electron chi connectivity index (χ3n) is 5.79. The van der Waals surface area contributed by atoms with Gasteiger partial charge in [0.1, 0.15) is 17.1 Å². The summed E-state index contributed by atoms with van der Waals surface area (Å²) < 4.78 is 47.6. The van der Waals surface area contributed by atoms with Crippen molar-refractivity contribution in [2.45, 2.75) is 6.18 Å². The molecule has 0 aliphatic rings. The minimum Gasteiger partial charge on any atom is -0.465 e. The number of carbonyl (C=O) groups excluding carboxylic acids is 2. The number of alkyl halides is 3. The predicted molar refractivity (Wildman–Crippen MR) is 157 cm³/mol. The minimum absolute atomic E-state index is 0.120. The van der Waals surface area contributed by atoms with E-state index < -0.39 is 23.3 Å². The molecule has 0 saturated carbocycles.